The van der Waals surface area contributed by atoms with Crippen LogP contribution in [0.2, 0.25) is 5.02 Å². The molecule has 1 aromatic carbocycles. The first-order valence-electron chi connectivity index (χ1n) is 5.27. The van der Waals surface area contributed by atoms with Gasteiger partial charge in [0.25, 0.3) is 10.0 Å². The molecule has 8 heteroatoms. The standard InChI is InChI=1S/C12H7BrClN3O2S/c13-9-6-8(3-4-10(9)14)17-20(18,19)12-2-1-5-16-11(12)7-15/h1-6,17H. The molecular weight excluding hydrogens is 366 g/mol. The molecule has 5 nitrogen and oxygen atoms in total. The summed E-state index contributed by atoms with van der Waals surface area (Å²) in [4.78, 5) is 3.55. The Morgan fingerprint density at radius 1 is 1.35 bits per heavy atom. The number of halogens is 2. The third-order valence-electron chi connectivity index (χ3n) is 2.34. The Kier molecular flexibility index (Phi) is 4.28. The third kappa shape index (κ3) is 3.10. The van der Waals surface area contributed by atoms with Gasteiger partial charge in [-0.25, -0.2) is 13.4 Å². The lowest BCUT2D eigenvalue weighted by Gasteiger charge is -2.09. The van der Waals surface area contributed by atoms with Gasteiger partial charge in [0.2, 0.25) is 0 Å². The van der Waals surface area contributed by atoms with Gasteiger partial charge >= 0.3 is 0 Å². The average Bonchev–Trinajstić information content (AvgIpc) is 2.42. The van der Waals surface area contributed by atoms with Crippen LogP contribution < -0.4 is 4.72 Å². The molecule has 0 aliphatic heterocycles. The maximum Gasteiger partial charge on any atom is 0.264 e. The fourth-order valence-electron chi connectivity index (χ4n) is 1.46. The van der Waals surface area contributed by atoms with Gasteiger partial charge in [-0.3, -0.25) is 4.72 Å². The maximum atomic E-state index is 12.2. The summed E-state index contributed by atoms with van der Waals surface area (Å²) < 4.78 is 27.4. The van der Waals surface area contributed by atoms with Crippen molar-refractivity contribution >= 4 is 43.2 Å². The molecule has 0 aliphatic rings. The van der Waals surface area contributed by atoms with Crippen LogP contribution in [0.4, 0.5) is 5.69 Å². The highest BCUT2D eigenvalue weighted by atomic mass is 79.9. The van der Waals surface area contributed by atoms with E-state index in [9.17, 15) is 8.42 Å². The van der Waals surface area contributed by atoms with Crippen molar-refractivity contribution in [2.75, 3.05) is 4.72 Å². The average molecular weight is 373 g/mol. The lowest BCUT2D eigenvalue weighted by molar-refractivity contribution is 0.600. The van der Waals surface area contributed by atoms with Crippen molar-refractivity contribution in [3.8, 4) is 6.07 Å². The fourth-order valence-corrected chi connectivity index (χ4v) is 3.12. The second kappa shape index (κ2) is 5.79. The molecule has 0 atom stereocenters. The van der Waals surface area contributed by atoms with E-state index in [1.54, 1.807) is 12.1 Å². The number of rotatable bonds is 3. The number of aromatic nitrogens is 1. The molecule has 0 spiro atoms. The Morgan fingerprint density at radius 2 is 2.10 bits per heavy atom. The topological polar surface area (TPSA) is 82.8 Å². The maximum absolute atomic E-state index is 12.2. The zero-order valence-electron chi connectivity index (χ0n) is 9.84. The van der Waals surface area contributed by atoms with Crippen LogP contribution in [-0.4, -0.2) is 13.4 Å². The number of nitrogens with one attached hydrogen (secondary N) is 1. The molecular formula is C12H7BrClN3O2S. The third-order valence-corrected chi connectivity index (χ3v) is 4.96. The molecule has 1 aromatic heterocycles. The van der Waals surface area contributed by atoms with E-state index in [1.165, 1.54) is 30.5 Å². The highest BCUT2D eigenvalue weighted by Crippen LogP contribution is 2.27. The Bertz CT molecular complexity index is 803. The van der Waals surface area contributed by atoms with Gasteiger partial charge in [0.15, 0.2) is 5.69 Å². The van der Waals surface area contributed by atoms with Crippen molar-refractivity contribution in [2.45, 2.75) is 4.90 Å². The van der Waals surface area contributed by atoms with Crippen molar-refractivity contribution in [3.05, 3.63) is 51.7 Å². The predicted octanol–water partition coefficient (Wildman–Crippen LogP) is 3.17. The number of sulfonamides is 1. The molecule has 2 rings (SSSR count). The molecule has 1 N–H and O–H groups in total. The van der Waals surface area contributed by atoms with Crippen LogP contribution >= 0.6 is 27.5 Å². The zero-order valence-corrected chi connectivity index (χ0v) is 13.0. The lowest BCUT2D eigenvalue weighted by atomic mass is 10.3. The van der Waals surface area contributed by atoms with E-state index in [0.29, 0.717) is 15.2 Å². The second-order valence-corrected chi connectivity index (χ2v) is 6.61. The van der Waals surface area contributed by atoms with E-state index in [-0.39, 0.29) is 10.6 Å². The first kappa shape index (κ1) is 14.8. The van der Waals surface area contributed by atoms with Crippen molar-refractivity contribution in [2.24, 2.45) is 0 Å². The summed E-state index contributed by atoms with van der Waals surface area (Å²) in [7, 11) is -3.88. The normalized spacial score (nSPS) is 10.8. The summed E-state index contributed by atoms with van der Waals surface area (Å²) in [6.45, 7) is 0. The zero-order chi connectivity index (χ0) is 14.8. The summed E-state index contributed by atoms with van der Waals surface area (Å²) >= 11 is 9.05. The van der Waals surface area contributed by atoms with Crippen LogP contribution in [0, 0.1) is 11.3 Å². The minimum Gasteiger partial charge on any atom is -0.280 e. The highest BCUT2D eigenvalue weighted by molar-refractivity contribution is 9.10. The molecule has 0 bridgehead atoms. The van der Waals surface area contributed by atoms with Crippen molar-refractivity contribution in [1.82, 2.24) is 4.98 Å². The molecule has 0 unspecified atom stereocenters. The van der Waals surface area contributed by atoms with Crippen LogP contribution in [0.3, 0.4) is 0 Å². The van der Waals surface area contributed by atoms with Crippen LogP contribution in [0.25, 0.3) is 0 Å². The summed E-state index contributed by atoms with van der Waals surface area (Å²) in [5.41, 5.74) is 0.169. The van der Waals surface area contributed by atoms with Crippen molar-refractivity contribution in [1.29, 1.82) is 5.26 Å². The van der Waals surface area contributed by atoms with Crippen LogP contribution in [0.1, 0.15) is 5.69 Å². The number of hydrogen-bond acceptors (Lipinski definition) is 4. The molecule has 1 heterocycles. The van der Waals surface area contributed by atoms with Crippen LogP contribution in [-0.2, 0) is 10.0 Å². The van der Waals surface area contributed by atoms with E-state index >= 15 is 0 Å². The number of benzene rings is 1. The number of hydrogen-bond donors (Lipinski definition) is 1. The number of anilines is 1. The van der Waals surface area contributed by atoms with Gasteiger partial charge in [0.1, 0.15) is 11.0 Å². The molecule has 0 saturated heterocycles. The molecule has 20 heavy (non-hydrogen) atoms. The SMILES string of the molecule is N#Cc1ncccc1S(=O)(=O)Nc1ccc(Cl)c(Br)c1. The summed E-state index contributed by atoms with van der Waals surface area (Å²) in [6, 6.07) is 9.12. The number of pyridine rings is 1. The summed E-state index contributed by atoms with van der Waals surface area (Å²) in [6.07, 6.45) is 1.36. The number of nitriles is 1. The molecule has 102 valence electrons. The van der Waals surface area contributed by atoms with Gasteiger partial charge in [-0.05, 0) is 46.3 Å². The first-order valence-corrected chi connectivity index (χ1v) is 7.92. The number of nitrogens with zero attached hydrogens (tertiary/aromatic N) is 2. The van der Waals surface area contributed by atoms with Crippen molar-refractivity contribution in [3.63, 3.8) is 0 Å². The van der Waals surface area contributed by atoms with Crippen molar-refractivity contribution < 1.29 is 8.42 Å². The van der Waals surface area contributed by atoms with Gasteiger partial charge in [0.05, 0.1) is 10.7 Å². The first-order chi connectivity index (χ1) is 9.44. The van der Waals surface area contributed by atoms with Gasteiger partial charge in [-0.15, -0.1) is 0 Å². The Labute approximate surface area is 129 Å². The lowest BCUT2D eigenvalue weighted by Crippen LogP contribution is -2.15. The van der Waals surface area contributed by atoms with E-state index in [4.69, 9.17) is 16.9 Å². The summed E-state index contributed by atoms with van der Waals surface area (Å²) in [5, 5.41) is 9.36. The van der Waals surface area contributed by atoms with Crippen LogP contribution in [0.5, 0.6) is 0 Å². The predicted molar refractivity (Wildman–Crippen MR) is 78.9 cm³/mol. The molecule has 0 aliphatic carbocycles. The van der Waals surface area contributed by atoms with Gasteiger partial charge in [-0.1, -0.05) is 11.6 Å². The Balaban J connectivity index is 2.41. The van der Waals surface area contributed by atoms with Gasteiger partial charge in [-0.2, -0.15) is 5.26 Å². The van der Waals surface area contributed by atoms with Gasteiger partial charge in [0, 0.05) is 10.7 Å². The van der Waals surface area contributed by atoms with E-state index in [2.05, 4.69) is 25.6 Å². The monoisotopic (exact) mass is 371 g/mol. The van der Waals surface area contributed by atoms with E-state index in [1.807, 2.05) is 0 Å². The molecule has 2 aromatic rings. The molecule has 0 fully saturated rings. The Morgan fingerprint density at radius 3 is 2.75 bits per heavy atom. The minimum atomic E-state index is -3.88. The Hall–Kier alpha value is -1.62. The fraction of sp³-hybridized carbons (Fsp3) is 0. The minimum absolute atomic E-state index is 0.159. The van der Waals surface area contributed by atoms with Gasteiger partial charge < -0.3 is 0 Å². The molecule has 0 radical (unpaired) electrons. The quantitative estimate of drug-likeness (QED) is 0.897. The van der Waals surface area contributed by atoms with E-state index < -0.39 is 10.0 Å². The largest absolute Gasteiger partial charge is 0.280 e. The molecule has 0 amide bonds. The highest BCUT2D eigenvalue weighted by Gasteiger charge is 2.19. The smallest absolute Gasteiger partial charge is 0.264 e. The molecule has 0 saturated carbocycles. The van der Waals surface area contributed by atoms with E-state index in [0.717, 1.165) is 0 Å². The van der Waals surface area contributed by atoms with Crippen LogP contribution in [0.15, 0.2) is 45.9 Å². The summed E-state index contributed by atoms with van der Waals surface area (Å²) in [5.74, 6) is 0. The second-order valence-electron chi connectivity index (χ2n) is 3.70.